The first kappa shape index (κ1) is 10.9. The summed E-state index contributed by atoms with van der Waals surface area (Å²) < 4.78 is 17.1. The second-order valence-corrected chi connectivity index (χ2v) is 4.79. The summed E-state index contributed by atoms with van der Waals surface area (Å²) in [5.41, 5.74) is 0. The molecular formula is C11H19NO4. The van der Waals surface area contributed by atoms with Crippen LogP contribution < -0.4 is 5.32 Å². The maximum atomic E-state index is 9.61. The van der Waals surface area contributed by atoms with Crippen molar-refractivity contribution in [2.24, 2.45) is 0 Å². The van der Waals surface area contributed by atoms with Crippen molar-refractivity contribution in [2.45, 2.75) is 43.4 Å². The first-order valence-corrected chi connectivity index (χ1v) is 6.12. The smallest absolute Gasteiger partial charge is 0.115 e. The topological polar surface area (TPSA) is 60.0 Å². The van der Waals surface area contributed by atoms with Gasteiger partial charge in [-0.2, -0.15) is 0 Å². The Balaban J connectivity index is 1.55. The number of hydrogen-bond donors (Lipinski definition) is 2. The lowest BCUT2D eigenvalue weighted by molar-refractivity contribution is -0.0797. The summed E-state index contributed by atoms with van der Waals surface area (Å²) in [4.78, 5) is 0. The number of aliphatic hydroxyl groups excluding tert-OH is 1. The van der Waals surface area contributed by atoms with Gasteiger partial charge in [0.05, 0.1) is 19.3 Å². The van der Waals surface area contributed by atoms with Crippen LogP contribution in [0.25, 0.3) is 0 Å². The van der Waals surface area contributed by atoms with Gasteiger partial charge in [-0.05, 0) is 25.9 Å². The monoisotopic (exact) mass is 229 g/mol. The molecule has 2 N–H and O–H groups in total. The highest BCUT2D eigenvalue weighted by Gasteiger charge is 2.48. The zero-order chi connectivity index (χ0) is 11.0. The van der Waals surface area contributed by atoms with Gasteiger partial charge < -0.3 is 24.6 Å². The highest BCUT2D eigenvalue weighted by atomic mass is 16.6. The summed E-state index contributed by atoms with van der Waals surface area (Å²) in [6.45, 7) is 2.98. The van der Waals surface area contributed by atoms with Crippen molar-refractivity contribution in [1.82, 2.24) is 5.32 Å². The number of piperidine rings is 1. The molecule has 3 rings (SSSR count). The van der Waals surface area contributed by atoms with Crippen LogP contribution in [0.5, 0.6) is 0 Å². The molecule has 3 saturated heterocycles. The molecule has 3 aliphatic rings. The molecule has 3 aliphatic heterocycles. The summed E-state index contributed by atoms with van der Waals surface area (Å²) in [6.07, 6.45) is 1.70. The molecule has 0 unspecified atom stereocenters. The third-order valence-electron chi connectivity index (χ3n) is 3.64. The van der Waals surface area contributed by atoms with Crippen molar-refractivity contribution >= 4 is 0 Å². The predicted molar refractivity (Wildman–Crippen MR) is 56.3 cm³/mol. The van der Waals surface area contributed by atoms with Gasteiger partial charge in [-0.1, -0.05) is 0 Å². The van der Waals surface area contributed by atoms with Gasteiger partial charge in [0.15, 0.2) is 0 Å². The first-order valence-electron chi connectivity index (χ1n) is 6.12. The van der Waals surface area contributed by atoms with Gasteiger partial charge >= 0.3 is 0 Å². The fourth-order valence-electron chi connectivity index (χ4n) is 2.74. The zero-order valence-electron chi connectivity index (χ0n) is 9.30. The van der Waals surface area contributed by atoms with Crippen molar-refractivity contribution in [2.75, 3.05) is 26.3 Å². The normalized spacial score (nSPS) is 44.8. The summed E-state index contributed by atoms with van der Waals surface area (Å²) in [6, 6.07) is 0. The Hall–Kier alpha value is -0.200. The predicted octanol–water partition coefficient (Wildman–Crippen LogP) is -0.718. The molecule has 0 aliphatic carbocycles. The minimum Gasteiger partial charge on any atom is -0.388 e. The number of ether oxygens (including phenoxy) is 3. The van der Waals surface area contributed by atoms with Gasteiger partial charge in [0.25, 0.3) is 0 Å². The fraction of sp³-hybridized carbons (Fsp3) is 1.00. The van der Waals surface area contributed by atoms with Gasteiger partial charge in [0.2, 0.25) is 0 Å². The van der Waals surface area contributed by atoms with Crippen LogP contribution in [-0.2, 0) is 14.2 Å². The molecule has 0 aromatic heterocycles. The molecule has 16 heavy (non-hydrogen) atoms. The van der Waals surface area contributed by atoms with Gasteiger partial charge in [0.1, 0.15) is 24.4 Å². The van der Waals surface area contributed by atoms with Crippen LogP contribution in [0.4, 0.5) is 0 Å². The van der Waals surface area contributed by atoms with Gasteiger partial charge in [0, 0.05) is 0 Å². The van der Waals surface area contributed by atoms with Crippen LogP contribution in [-0.4, -0.2) is 61.9 Å². The molecule has 0 aromatic carbocycles. The van der Waals surface area contributed by atoms with Crippen molar-refractivity contribution in [1.29, 1.82) is 0 Å². The van der Waals surface area contributed by atoms with Gasteiger partial charge in [-0.25, -0.2) is 0 Å². The standard InChI is InChI=1S/C11H19NO4/c13-8-5-14-11-9(6-15-10(8)11)16-7-1-3-12-4-2-7/h7-13H,1-6H2/t8-,9+,10-,11-/m1/s1. The van der Waals surface area contributed by atoms with Crippen LogP contribution >= 0.6 is 0 Å². The van der Waals surface area contributed by atoms with E-state index in [1.54, 1.807) is 0 Å². The van der Waals surface area contributed by atoms with E-state index in [-0.39, 0.29) is 18.3 Å². The van der Waals surface area contributed by atoms with Gasteiger partial charge in [-0.3, -0.25) is 0 Å². The van der Waals surface area contributed by atoms with E-state index < -0.39 is 6.10 Å². The van der Waals surface area contributed by atoms with E-state index in [1.807, 2.05) is 0 Å². The average molecular weight is 229 g/mol. The lowest BCUT2D eigenvalue weighted by Gasteiger charge is -2.27. The maximum Gasteiger partial charge on any atom is 0.115 e. The lowest BCUT2D eigenvalue weighted by atomic mass is 10.1. The summed E-state index contributed by atoms with van der Waals surface area (Å²) in [7, 11) is 0. The number of aliphatic hydroxyl groups is 1. The van der Waals surface area contributed by atoms with Gasteiger partial charge in [-0.15, -0.1) is 0 Å². The molecule has 92 valence electrons. The Kier molecular flexibility index (Phi) is 3.13. The zero-order valence-corrected chi connectivity index (χ0v) is 9.30. The Morgan fingerprint density at radius 1 is 1.06 bits per heavy atom. The molecule has 0 radical (unpaired) electrons. The third kappa shape index (κ3) is 1.98. The Morgan fingerprint density at radius 2 is 1.81 bits per heavy atom. The van der Waals surface area contributed by atoms with Crippen molar-refractivity contribution in [3.8, 4) is 0 Å². The molecule has 0 saturated carbocycles. The van der Waals surface area contributed by atoms with E-state index in [2.05, 4.69) is 5.32 Å². The van der Waals surface area contributed by atoms with E-state index in [0.717, 1.165) is 25.9 Å². The highest BCUT2D eigenvalue weighted by molar-refractivity contribution is 4.95. The highest BCUT2D eigenvalue weighted by Crippen LogP contribution is 2.30. The molecule has 0 spiro atoms. The second kappa shape index (κ2) is 4.58. The molecule has 0 amide bonds. The van der Waals surface area contributed by atoms with Crippen molar-refractivity contribution in [3.05, 3.63) is 0 Å². The maximum absolute atomic E-state index is 9.61. The quantitative estimate of drug-likeness (QED) is 0.654. The molecule has 5 heteroatoms. The Labute approximate surface area is 95.1 Å². The summed E-state index contributed by atoms with van der Waals surface area (Å²) in [5.74, 6) is 0. The molecule has 3 heterocycles. The van der Waals surface area contributed by atoms with Crippen LogP contribution in [0.2, 0.25) is 0 Å². The van der Waals surface area contributed by atoms with E-state index in [4.69, 9.17) is 14.2 Å². The van der Waals surface area contributed by atoms with Crippen LogP contribution in [0.3, 0.4) is 0 Å². The van der Waals surface area contributed by atoms with Crippen LogP contribution in [0.1, 0.15) is 12.8 Å². The molecule has 4 atom stereocenters. The number of nitrogens with one attached hydrogen (secondary N) is 1. The molecule has 0 bridgehead atoms. The minimum atomic E-state index is -0.480. The summed E-state index contributed by atoms with van der Waals surface area (Å²) in [5, 5.41) is 12.9. The third-order valence-corrected chi connectivity index (χ3v) is 3.64. The van der Waals surface area contributed by atoms with E-state index in [1.165, 1.54) is 0 Å². The van der Waals surface area contributed by atoms with Crippen LogP contribution in [0.15, 0.2) is 0 Å². The number of fused-ring (bicyclic) bond motifs is 1. The minimum absolute atomic E-state index is 0.00486. The van der Waals surface area contributed by atoms with Crippen molar-refractivity contribution < 1.29 is 19.3 Å². The number of hydrogen-bond acceptors (Lipinski definition) is 5. The van der Waals surface area contributed by atoms with Crippen molar-refractivity contribution in [3.63, 3.8) is 0 Å². The SMILES string of the molecule is O[C@@H]1CO[C@H]2[C@@H]1OC[C@@H]2OC1CCNCC1. The first-order chi connectivity index (χ1) is 7.84. The van der Waals surface area contributed by atoms with E-state index in [9.17, 15) is 5.11 Å². The Bertz CT molecular complexity index is 244. The largest absolute Gasteiger partial charge is 0.388 e. The number of rotatable bonds is 2. The molecule has 5 nitrogen and oxygen atoms in total. The molecule has 0 aromatic rings. The summed E-state index contributed by atoms with van der Waals surface area (Å²) >= 11 is 0. The van der Waals surface area contributed by atoms with Crippen LogP contribution in [0, 0.1) is 0 Å². The average Bonchev–Trinajstić information content (AvgIpc) is 2.86. The Morgan fingerprint density at radius 3 is 2.62 bits per heavy atom. The van der Waals surface area contributed by atoms with E-state index >= 15 is 0 Å². The lowest BCUT2D eigenvalue weighted by Crippen LogP contribution is -2.39. The molecule has 3 fully saturated rings. The van der Waals surface area contributed by atoms with E-state index in [0.29, 0.717) is 19.3 Å². The fourth-order valence-corrected chi connectivity index (χ4v) is 2.74. The second-order valence-electron chi connectivity index (χ2n) is 4.79. The molecular weight excluding hydrogens is 210 g/mol.